The highest BCUT2D eigenvalue weighted by Crippen LogP contribution is 2.14. The van der Waals surface area contributed by atoms with Crippen LogP contribution in [0.4, 0.5) is 5.69 Å². The van der Waals surface area contributed by atoms with Crippen LogP contribution < -0.4 is 5.48 Å². The molecule has 102 valence electrons. The molecule has 0 spiro atoms. The van der Waals surface area contributed by atoms with Crippen LogP contribution in [0.25, 0.3) is 0 Å². The lowest BCUT2D eigenvalue weighted by molar-refractivity contribution is 0.118. The molecule has 0 heterocycles. The molecule has 0 aliphatic rings. The van der Waals surface area contributed by atoms with Crippen molar-refractivity contribution in [3.63, 3.8) is 0 Å². The van der Waals surface area contributed by atoms with Crippen LogP contribution >= 0.6 is 0 Å². The summed E-state index contributed by atoms with van der Waals surface area (Å²) in [6.45, 7) is 1.94. The number of hydrogen-bond donors (Lipinski definition) is 1. The van der Waals surface area contributed by atoms with Gasteiger partial charge in [0.05, 0.1) is 18.5 Å². The average molecular weight is 266 g/mol. The minimum atomic E-state index is 0.888. The van der Waals surface area contributed by atoms with Crippen molar-refractivity contribution in [1.29, 1.82) is 0 Å². The Bertz CT molecular complexity index is 589. The Hall–Kier alpha value is -2.39. The van der Waals surface area contributed by atoms with Gasteiger partial charge in [0.25, 0.3) is 0 Å². The Morgan fingerprint density at radius 3 is 2.20 bits per heavy atom. The van der Waals surface area contributed by atoms with E-state index in [2.05, 4.69) is 5.48 Å². The molecule has 1 N–H and O–H groups in total. The topological polar surface area (TPSA) is 33.6 Å². The van der Waals surface area contributed by atoms with Crippen molar-refractivity contribution >= 4 is 11.4 Å². The van der Waals surface area contributed by atoms with Gasteiger partial charge in [-0.1, -0.05) is 48.5 Å². The van der Waals surface area contributed by atoms with Crippen LogP contribution in [-0.4, -0.2) is 12.8 Å². The van der Waals surface area contributed by atoms with Gasteiger partial charge in [-0.2, -0.15) is 0 Å². The first-order valence-electron chi connectivity index (χ1n) is 6.46. The molecule has 3 nitrogen and oxygen atoms in total. The predicted molar refractivity (Wildman–Crippen MR) is 83.0 cm³/mol. The molecule has 0 atom stereocenters. The highest BCUT2D eigenvalue weighted by atomic mass is 16.6. The Balaban J connectivity index is 2.40. The zero-order valence-corrected chi connectivity index (χ0v) is 11.7. The summed E-state index contributed by atoms with van der Waals surface area (Å²) < 4.78 is 0. The highest BCUT2D eigenvalue weighted by Gasteiger charge is 2.01. The molecule has 0 bridgehead atoms. The number of aliphatic imine (C=N–C) groups is 1. The van der Waals surface area contributed by atoms with Gasteiger partial charge in [0.2, 0.25) is 0 Å². The molecule has 3 heteroatoms. The van der Waals surface area contributed by atoms with Crippen LogP contribution in [0.3, 0.4) is 0 Å². The van der Waals surface area contributed by atoms with E-state index in [1.807, 2.05) is 73.7 Å². The van der Waals surface area contributed by atoms with Gasteiger partial charge in [-0.15, -0.1) is 0 Å². The maximum atomic E-state index is 4.92. The molecule has 0 aliphatic carbocycles. The van der Waals surface area contributed by atoms with Gasteiger partial charge in [0.15, 0.2) is 0 Å². The number of para-hydroxylation sites is 1. The van der Waals surface area contributed by atoms with Gasteiger partial charge in [-0.25, -0.2) is 4.99 Å². The summed E-state index contributed by atoms with van der Waals surface area (Å²) in [4.78, 5) is 9.61. The number of nitrogens with zero attached hydrogens (tertiary/aromatic N) is 1. The second kappa shape index (κ2) is 7.26. The predicted octanol–water partition coefficient (Wildman–Crippen LogP) is 3.86. The number of nitrogens with one attached hydrogen (secondary N) is 1. The third-order valence-electron chi connectivity index (χ3n) is 2.69. The minimum absolute atomic E-state index is 0.888. The normalized spacial score (nSPS) is 12.3. The molecule has 0 radical (unpaired) electrons. The van der Waals surface area contributed by atoms with Gasteiger partial charge in [-0.05, 0) is 25.1 Å². The Morgan fingerprint density at radius 1 is 1.00 bits per heavy atom. The zero-order chi connectivity index (χ0) is 14.2. The quantitative estimate of drug-likeness (QED) is 0.658. The SMILES string of the molecule is CON/C(C)=C\C(=N\c1ccccc1)c1ccccc1. The number of hydrogen-bond acceptors (Lipinski definition) is 3. The number of allylic oxidation sites excluding steroid dienone is 2. The molecule has 2 aromatic carbocycles. The third kappa shape index (κ3) is 4.07. The Morgan fingerprint density at radius 2 is 1.60 bits per heavy atom. The van der Waals surface area contributed by atoms with Crippen molar-refractivity contribution in [2.75, 3.05) is 7.11 Å². The van der Waals surface area contributed by atoms with Gasteiger partial charge < -0.3 is 0 Å². The van der Waals surface area contributed by atoms with E-state index in [1.165, 1.54) is 0 Å². The molecule has 0 saturated heterocycles. The van der Waals surface area contributed by atoms with E-state index in [4.69, 9.17) is 9.83 Å². The lowest BCUT2D eigenvalue weighted by atomic mass is 10.1. The molecular weight excluding hydrogens is 248 g/mol. The smallest absolute Gasteiger partial charge is 0.0727 e. The Kier molecular flexibility index (Phi) is 5.09. The zero-order valence-electron chi connectivity index (χ0n) is 11.7. The number of benzene rings is 2. The number of rotatable bonds is 5. The number of hydroxylamine groups is 1. The van der Waals surface area contributed by atoms with Gasteiger partial charge in [0.1, 0.15) is 0 Å². The minimum Gasteiger partial charge on any atom is -0.280 e. The molecule has 0 aromatic heterocycles. The fourth-order valence-electron chi connectivity index (χ4n) is 1.83. The first kappa shape index (κ1) is 14.0. The van der Waals surface area contributed by atoms with Crippen molar-refractivity contribution in [1.82, 2.24) is 5.48 Å². The standard InChI is InChI=1S/C17H18N2O/c1-14(19-20-2)13-17(15-9-5-3-6-10-15)18-16-11-7-4-8-12-16/h3-13,19H,1-2H3/b14-13-,18-17-. The second-order valence-electron chi connectivity index (χ2n) is 4.33. The molecule has 0 fully saturated rings. The fourth-order valence-corrected chi connectivity index (χ4v) is 1.83. The summed E-state index contributed by atoms with van der Waals surface area (Å²) in [7, 11) is 1.59. The summed E-state index contributed by atoms with van der Waals surface area (Å²) in [6, 6.07) is 20.0. The molecule has 0 unspecified atom stereocenters. The maximum absolute atomic E-state index is 4.92. The van der Waals surface area contributed by atoms with Crippen molar-refractivity contribution in [2.45, 2.75) is 6.92 Å². The van der Waals surface area contributed by atoms with Crippen molar-refractivity contribution in [3.05, 3.63) is 78.0 Å². The summed E-state index contributed by atoms with van der Waals surface area (Å²) in [5.41, 5.74) is 6.58. The Labute approximate surface area is 119 Å². The molecular formula is C17H18N2O. The van der Waals surface area contributed by atoms with E-state index in [9.17, 15) is 0 Å². The molecule has 0 aliphatic heterocycles. The van der Waals surface area contributed by atoms with Crippen LogP contribution in [0.1, 0.15) is 12.5 Å². The van der Waals surface area contributed by atoms with Crippen molar-refractivity contribution in [2.24, 2.45) is 4.99 Å². The van der Waals surface area contributed by atoms with Gasteiger partial charge in [-0.3, -0.25) is 10.3 Å². The maximum Gasteiger partial charge on any atom is 0.0727 e. The van der Waals surface area contributed by atoms with E-state index < -0.39 is 0 Å². The lowest BCUT2D eigenvalue weighted by Gasteiger charge is -2.06. The first-order chi connectivity index (χ1) is 9.79. The second-order valence-corrected chi connectivity index (χ2v) is 4.33. The van der Waals surface area contributed by atoms with E-state index in [1.54, 1.807) is 7.11 Å². The lowest BCUT2D eigenvalue weighted by Crippen LogP contribution is -2.10. The van der Waals surface area contributed by atoms with E-state index >= 15 is 0 Å². The molecule has 0 amide bonds. The van der Waals surface area contributed by atoms with E-state index in [0.717, 1.165) is 22.7 Å². The van der Waals surface area contributed by atoms with Crippen LogP contribution in [-0.2, 0) is 4.84 Å². The van der Waals surface area contributed by atoms with Crippen LogP contribution in [0.15, 0.2) is 77.4 Å². The largest absolute Gasteiger partial charge is 0.280 e. The first-order valence-corrected chi connectivity index (χ1v) is 6.46. The summed E-state index contributed by atoms with van der Waals surface area (Å²) in [5.74, 6) is 0. The molecule has 2 aromatic rings. The van der Waals surface area contributed by atoms with Crippen LogP contribution in [0, 0.1) is 0 Å². The molecule has 2 rings (SSSR count). The molecule has 0 saturated carbocycles. The monoisotopic (exact) mass is 266 g/mol. The summed E-state index contributed by atoms with van der Waals surface area (Å²) >= 11 is 0. The van der Waals surface area contributed by atoms with Gasteiger partial charge >= 0.3 is 0 Å². The summed E-state index contributed by atoms with van der Waals surface area (Å²) in [6.07, 6.45) is 1.96. The van der Waals surface area contributed by atoms with E-state index in [-0.39, 0.29) is 0 Å². The van der Waals surface area contributed by atoms with Crippen molar-refractivity contribution in [3.8, 4) is 0 Å². The van der Waals surface area contributed by atoms with Crippen LogP contribution in [0.2, 0.25) is 0 Å². The summed E-state index contributed by atoms with van der Waals surface area (Å²) in [5, 5.41) is 0. The van der Waals surface area contributed by atoms with Crippen LogP contribution in [0.5, 0.6) is 0 Å². The van der Waals surface area contributed by atoms with E-state index in [0.29, 0.717) is 0 Å². The third-order valence-corrected chi connectivity index (χ3v) is 2.69. The van der Waals surface area contributed by atoms with Gasteiger partial charge in [0, 0.05) is 11.3 Å². The molecule has 20 heavy (non-hydrogen) atoms. The average Bonchev–Trinajstić information content (AvgIpc) is 2.49. The fraction of sp³-hybridized carbons (Fsp3) is 0.118. The highest BCUT2D eigenvalue weighted by molar-refractivity contribution is 6.10. The van der Waals surface area contributed by atoms with Crippen molar-refractivity contribution < 1.29 is 4.84 Å².